The van der Waals surface area contributed by atoms with Crippen LogP contribution in [0.25, 0.3) is 88.0 Å². The molecular formula is C44H28O. The van der Waals surface area contributed by atoms with Gasteiger partial charge in [-0.2, -0.15) is 0 Å². The van der Waals surface area contributed by atoms with E-state index in [2.05, 4.69) is 0 Å². The van der Waals surface area contributed by atoms with E-state index < -0.39 is 90.2 Å². The molecule has 9 aromatic rings. The molecule has 0 aliphatic carbocycles. The van der Waals surface area contributed by atoms with Crippen molar-refractivity contribution in [3.63, 3.8) is 0 Å². The van der Waals surface area contributed by atoms with Crippen LogP contribution in [0.4, 0.5) is 0 Å². The maximum Gasteiger partial charge on any atom is 0.136 e. The lowest BCUT2D eigenvalue weighted by Crippen LogP contribution is -1.93. The Bertz CT molecular complexity index is 3220. The van der Waals surface area contributed by atoms with Gasteiger partial charge >= 0.3 is 0 Å². The van der Waals surface area contributed by atoms with Crippen molar-refractivity contribution in [2.45, 2.75) is 0 Å². The van der Waals surface area contributed by atoms with Gasteiger partial charge in [0, 0.05) is 10.8 Å². The molecule has 0 bridgehead atoms. The summed E-state index contributed by atoms with van der Waals surface area (Å²) >= 11 is 0. The third-order valence-corrected chi connectivity index (χ3v) is 8.11. The maximum atomic E-state index is 9.59. The summed E-state index contributed by atoms with van der Waals surface area (Å²) in [5.41, 5.74) is 1.85. The van der Waals surface area contributed by atoms with E-state index in [4.69, 9.17) is 20.9 Å². The highest BCUT2D eigenvalue weighted by Crippen LogP contribution is 2.48. The number of fused-ring (bicyclic) bond motifs is 5. The minimum atomic E-state index is -0.667. The molecule has 0 aliphatic heterocycles. The fraction of sp³-hybridized carbons (Fsp3) is 0. The van der Waals surface area contributed by atoms with E-state index >= 15 is 0 Å². The lowest BCUT2D eigenvalue weighted by atomic mass is 9.83. The number of rotatable bonds is 4. The first-order valence-corrected chi connectivity index (χ1v) is 14.3. The fourth-order valence-electron chi connectivity index (χ4n) is 6.23. The molecule has 0 radical (unpaired) electrons. The predicted molar refractivity (Wildman–Crippen MR) is 190 cm³/mol. The molecular weight excluding hydrogens is 544 g/mol. The predicted octanol–water partition coefficient (Wildman–Crippen LogP) is 12.6. The molecule has 9 rings (SSSR count). The highest BCUT2D eigenvalue weighted by atomic mass is 16.3. The van der Waals surface area contributed by atoms with E-state index in [1.165, 1.54) is 0 Å². The van der Waals surface area contributed by atoms with Gasteiger partial charge in [-0.05, 0) is 90.3 Å². The third kappa shape index (κ3) is 4.17. The van der Waals surface area contributed by atoms with Crippen LogP contribution in [-0.2, 0) is 0 Å². The maximum absolute atomic E-state index is 9.59. The van der Waals surface area contributed by atoms with E-state index in [9.17, 15) is 2.74 Å². The molecule has 1 heterocycles. The first kappa shape index (κ1) is 15.2. The molecule has 0 unspecified atom stereocenters. The quantitative estimate of drug-likeness (QED) is 0.187. The van der Waals surface area contributed by atoms with Crippen LogP contribution in [0.2, 0.25) is 0 Å². The van der Waals surface area contributed by atoms with Gasteiger partial charge in [0.2, 0.25) is 0 Å². The highest BCUT2D eigenvalue weighted by Gasteiger charge is 2.21. The normalized spacial score (nSPS) is 15.9. The van der Waals surface area contributed by atoms with Crippen molar-refractivity contribution in [3.05, 3.63) is 170 Å². The highest BCUT2D eigenvalue weighted by molar-refractivity contribution is 6.23. The van der Waals surface area contributed by atoms with Crippen LogP contribution in [0, 0.1) is 0 Å². The first-order chi connectivity index (χ1) is 28.1. The van der Waals surface area contributed by atoms with Crippen molar-refractivity contribution in [2.24, 2.45) is 0 Å². The van der Waals surface area contributed by atoms with Crippen molar-refractivity contribution in [3.8, 4) is 44.5 Å². The van der Waals surface area contributed by atoms with Crippen LogP contribution < -0.4 is 0 Å². The zero-order valence-corrected chi connectivity index (χ0v) is 23.5. The van der Waals surface area contributed by atoms with Gasteiger partial charge in [0.25, 0.3) is 0 Å². The third-order valence-electron chi connectivity index (χ3n) is 8.11. The molecule has 1 nitrogen and oxygen atoms in total. The van der Waals surface area contributed by atoms with Crippen LogP contribution in [0.1, 0.15) is 19.2 Å². The molecule has 0 N–H and O–H groups in total. The largest absolute Gasteiger partial charge is 0.456 e. The van der Waals surface area contributed by atoms with Crippen LogP contribution in [0.15, 0.2) is 174 Å². The molecule has 0 saturated carbocycles. The fourth-order valence-corrected chi connectivity index (χ4v) is 6.23. The Hall–Kier alpha value is -5.92. The number of para-hydroxylation sites is 1. The second kappa shape index (κ2) is 10.4. The SMILES string of the molecule is [2H]c1c([2H])c([2H])c(-c2cc3c(cc2-c2c4ccccc4c(-c4c([2H])c([2H])c([2H])c(-c5c([2H])c([2H])c([2H])c([2H])c5[2H])c4[2H])c4ccccc24)oc2ccccc23)c([2H])c1[2H]. The lowest BCUT2D eigenvalue weighted by Gasteiger charge is -2.20. The molecule has 0 atom stereocenters. The second-order valence-corrected chi connectivity index (χ2v) is 10.6. The van der Waals surface area contributed by atoms with Gasteiger partial charge in [-0.15, -0.1) is 0 Å². The number of hydrogen-bond acceptors (Lipinski definition) is 1. The number of benzene rings is 8. The van der Waals surface area contributed by atoms with E-state index in [1.807, 2.05) is 36.4 Å². The average Bonchev–Trinajstić information content (AvgIpc) is 3.61. The summed E-state index contributed by atoms with van der Waals surface area (Å²) < 4.78 is 129. The molecule has 0 amide bonds. The molecule has 0 saturated heterocycles. The molecule has 1 aromatic heterocycles. The average molecular weight is 587 g/mol. The van der Waals surface area contributed by atoms with Crippen LogP contribution in [0.5, 0.6) is 0 Å². The summed E-state index contributed by atoms with van der Waals surface area (Å²) in [5, 5.41) is 3.53. The lowest BCUT2D eigenvalue weighted by molar-refractivity contribution is 0.669. The summed E-state index contributed by atoms with van der Waals surface area (Å²) in [7, 11) is 0. The standard InChI is InChI=1S/C44H28O/c1-3-14-29(15-4-1)31-18-13-19-32(26-31)43-34-21-7-9-23-36(34)44(37-24-10-8-22-35(37)43)40-28-42-39(33-20-11-12-25-41(33)45-42)27-38(40)30-16-5-2-6-17-30/h1-28H/i1D,2D,3D,4D,5D,6D,13D,14D,15D,16D,17D,18D,19D,26D. The Balaban J connectivity index is 1.46. The Labute approximate surface area is 281 Å². The second-order valence-electron chi connectivity index (χ2n) is 10.6. The molecule has 0 fully saturated rings. The summed E-state index contributed by atoms with van der Waals surface area (Å²) in [6.07, 6.45) is 0. The molecule has 210 valence electrons. The first-order valence-electron chi connectivity index (χ1n) is 21.3. The smallest absolute Gasteiger partial charge is 0.136 e. The van der Waals surface area contributed by atoms with Crippen LogP contribution in [0.3, 0.4) is 0 Å². The van der Waals surface area contributed by atoms with Gasteiger partial charge in [-0.3, -0.25) is 0 Å². The molecule has 8 aromatic carbocycles. The van der Waals surface area contributed by atoms with Gasteiger partial charge < -0.3 is 4.42 Å². The number of hydrogen-bond donors (Lipinski definition) is 0. The monoisotopic (exact) mass is 586 g/mol. The molecule has 0 spiro atoms. The van der Waals surface area contributed by atoms with Crippen molar-refractivity contribution >= 4 is 43.5 Å². The topological polar surface area (TPSA) is 13.1 Å². The minimum absolute atomic E-state index is 0.0227. The summed E-state index contributed by atoms with van der Waals surface area (Å²) in [6.45, 7) is 0. The summed E-state index contributed by atoms with van der Waals surface area (Å²) in [4.78, 5) is 0. The van der Waals surface area contributed by atoms with Crippen molar-refractivity contribution in [1.29, 1.82) is 0 Å². The van der Waals surface area contributed by atoms with Crippen LogP contribution in [-0.4, -0.2) is 0 Å². The van der Waals surface area contributed by atoms with E-state index in [1.54, 1.807) is 48.5 Å². The van der Waals surface area contributed by atoms with Gasteiger partial charge in [-0.1, -0.05) is 145 Å². The van der Waals surface area contributed by atoms with Gasteiger partial charge in [0.1, 0.15) is 11.2 Å². The van der Waals surface area contributed by atoms with Gasteiger partial charge in [0.15, 0.2) is 0 Å². The number of furan rings is 1. The Kier molecular flexibility index (Phi) is 3.50. The molecule has 0 aliphatic rings. The molecule has 45 heavy (non-hydrogen) atoms. The van der Waals surface area contributed by atoms with E-state index in [0.717, 1.165) is 5.39 Å². The molecule has 1 heteroatoms. The summed E-state index contributed by atoms with van der Waals surface area (Å²) in [5.74, 6) is 0. The van der Waals surface area contributed by atoms with Crippen LogP contribution >= 0.6 is 0 Å². The van der Waals surface area contributed by atoms with Crippen molar-refractivity contribution in [2.75, 3.05) is 0 Å². The van der Waals surface area contributed by atoms with Gasteiger partial charge in [-0.25, -0.2) is 0 Å². The Morgan fingerprint density at radius 2 is 0.911 bits per heavy atom. The van der Waals surface area contributed by atoms with Crippen molar-refractivity contribution < 1.29 is 23.6 Å². The zero-order valence-electron chi connectivity index (χ0n) is 37.5. The van der Waals surface area contributed by atoms with E-state index in [0.29, 0.717) is 60.4 Å². The zero-order chi connectivity index (χ0) is 41.9. The van der Waals surface area contributed by atoms with Gasteiger partial charge in [0.05, 0.1) is 19.2 Å². The Morgan fingerprint density at radius 3 is 1.58 bits per heavy atom. The Morgan fingerprint density at radius 1 is 0.378 bits per heavy atom. The van der Waals surface area contributed by atoms with E-state index in [-0.39, 0.29) is 16.7 Å². The summed E-state index contributed by atoms with van der Waals surface area (Å²) in [6, 6.07) is 17.4. The van der Waals surface area contributed by atoms with Crippen molar-refractivity contribution in [1.82, 2.24) is 0 Å². The minimum Gasteiger partial charge on any atom is -0.456 e.